The topological polar surface area (TPSA) is 49.0 Å². The molecule has 1 atom stereocenters. The van der Waals surface area contributed by atoms with E-state index in [1.165, 1.54) is 0 Å². The van der Waals surface area contributed by atoms with Gasteiger partial charge in [0.1, 0.15) is 5.15 Å². The summed E-state index contributed by atoms with van der Waals surface area (Å²) in [6.07, 6.45) is 4.38. The molecule has 0 spiro atoms. The number of benzene rings is 1. The Morgan fingerprint density at radius 2 is 2.00 bits per heavy atom. The molecule has 1 aromatic carbocycles. The first-order valence-corrected chi connectivity index (χ1v) is 8.85. The van der Waals surface area contributed by atoms with Gasteiger partial charge in [0.25, 0.3) is 5.91 Å². The molecule has 0 aliphatic rings. The van der Waals surface area contributed by atoms with Crippen molar-refractivity contribution >= 4 is 34.1 Å². The molecule has 2 heterocycles. The predicted molar refractivity (Wildman–Crippen MR) is 103 cm³/mol. The van der Waals surface area contributed by atoms with E-state index < -0.39 is 0 Å². The number of aromatic nitrogens is 2. The summed E-state index contributed by atoms with van der Waals surface area (Å²) < 4.78 is 0. The van der Waals surface area contributed by atoms with Crippen molar-refractivity contribution in [3.8, 4) is 0 Å². The minimum absolute atomic E-state index is 0.0627. The molecule has 0 radical (unpaired) electrons. The Hall–Kier alpha value is -2.33. The summed E-state index contributed by atoms with van der Waals surface area (Å²) in [5.41, 5.74) is 2.49. The SMILES string of the molecule is CC(C)C[C@@H](C)N(C(=O)c1ccnc(Cl)c1)c1ccc2[nH]ccc2c1. The van der Waals surface area contributed by atoms with Gasteiger partial charge in [-0.15, -0.1) is 0 Å². The van der Waals surface area contributed by atoms with E-state index in [9.17, 15) is 4.79 Å². The predicted octanol–water partition coefficient (Wildman–Crippen LogP) is 5.30. The average Bonchev–Trinajstić information content (AvgIpc) is 3.02. The molecule has 0 saturated carbocycles. The Labute approximate surface area is 152 Å². The zero-order valence-corrected chi connectivity index (χ0v) is 15.4. The van der Waals surface area contributed by atoms with Crippen LogP contribution in [0.5, 0.6) is 0 Å². The molecule has 0 bridgehead atoms. The van der Waals surface area contributed by atoms with Crippen LogP contribution in [-0.2, 0) is 0 Å². The van der Waals surface area contributed by atoms with E-state index in [-0.39, 0.29) is 11.9 Å². The normalized spacial score (nSPS) is 12.5. The van der Waals surface area contributed by atoms with Gasteiger partial charge in [0.05, 0.1) is 0 Å². The van der Waals surface area contributed by atoms with Crippen molar-refractivity contribution < 1.29 is 4.79 Å². The molecule has 0 aliphatic heterocycles. The van der Waals surface area contributed by atoms with Crippen LogP contribution >= 0.6 is 11.6 Å². The fourth-order valence-corrected chi connectivity index (χ4v) is 3.40. The highest BCUT2D eigenvalue weighted by Gasteiger charge is 2.24. The summed E-state index contributed by atoms with van der Waals surface area (Å²) in [7, 11) is 0. The molecule has 1 N–H and O–H groups in total. The maximum absolute atomic E-state index is 13.2. The second kappa shape index (κ2) is 7.28. The van der Waals surface area contributed by atoms with Crippen LogP contribution in [0.3, 0.4) is 0 Å². The standard InChI is InChI=1S/C20H22ClN3O/c1-13(2)10-14(3)24(20(25)16-7-9-23-19(21)12-16)17-4-5-18-15(11-17)6-8-22-18/h4-9,11-14,22H,10H2,1-3H3/t14-/m1/s1. The highest BCUT2D eigenvalue weighted by molar-refractivity contribution is 6.29. The number of carbonyl (C=O) groups excluding carboxylic acids is 1. The van der Waals surface area contributed by atoms with Crippen molar-refractivity contribution in [3.05, 3.63) is 59.5 Å². The minimum Gasteiger partial charge on any atom is -0.361 e. The van der Waals surface area contributed by atoms with E-state index in [1.807, 2.05) is 35.4 Å². The Morgan fingerprint density at radius 1 is 1.20 bits per heavy atom. The fourth-order valence-electron chi connectivity index (χ4n) is 3.22. The number of aromatic amines is 1. The number of rotatable bonds is 5. The third-order valence-corrected chi connectivity index (χ3v) is 4.47. The maximum Gasteiger partial charge on any atom is 0.258 e. The lowest BCUT2D eigenvalue weighted by Crippen LogP contribution is -2.39. The van der Waals surface area contributed by atoms with Crippen molar-refractivity contribution in [2.75, 3.05) is 4.90 Å². The Balaban J connectivity index is 2.03. The lowest BCUT2D eigenvalue weighted by molar-refractivity contribution is 0.0976. The van der Waals surface area contributed by atoms with Gasteiger partial charge in [-0.25, -0.2) is 4.98 Å². The van der Waals surface area contributed by atoms with Gasteiger partial charge in [0.15, 0.2) is 0 Å². The van der Waals surface area contributed by atoms with E-state index in [2.05, 4.69) is 30.7 Å². The van der Waals surface area contributed by atoms with Gasteiger partial charge in [-0.3, -0.25) is 4.79 Å². The molecule has 2 aromatic heterocycles. The summed E-state index contributed by atoms with van der Waals surface area (Å²) in [4.78, 5) is 22.2. The first-order chi connectivity index (χ1) is 12.0. The number of hydrogen-bond acceptors (Lipinski definition) is 2. The smallest absolute Gasteiger partial charge is 0.258 e. The van der Waals surface area contributed by atoms with E-state index in [4.69, 9.17) is 11.6 Å². The van der Waals surface area contributed by atoms with Gasteiger partial charge >= 0.3 is 0 Å². The number of fused-ring (bicyclic) bond motifs is 1. The van der Waals surface area contributed by atoms with Gasteiger partial charge < -0.3 is 9.88 Å². The maximum atomic E-state index is 13.2. The molecule has 0 unspecified atom stereocenters. The number of nitrogens with one attached hydrogen (secondary N) is 1. The van der Waals surface area contributed by atoms with Crippen molar-refractivity contribution in [1.29, 1.82) is 0 Å². The van der Waals surface area contributed by atoms with E-state index in [0.29, 0.717) is 16.6 Å². The van der Waals surface area contributed by atoms with Crippen LogP contribution in [-0.4, -0.2) is 21.9 Å². The number of hydrogen-bond donors (Lipinski definition) is 1. The number of amides is 1. The second-order valence-corrected chi connectivity index (χ2v) is 7.16. The van der Waals surface area contributed by atoms with Crippen molar-refractivity contribution in [2.45, 2.75) is 33.2 Å². The number of halogens is 1. The third kappa shape index (κ3) is 3.85. The van der Waals surface area contributed by atoms with Gasteiger partial charge in [-0.2, -0.15) is 0 Å². The first kappa shape index (κ1) is 17.5. The molecule has 0 saturated heterocycles. The Bertz CT molecular complexity index is 887. The summed E-state index contributed by atoms with van der Waals surface area (Å²) in [5.74, 6) is 0.426. The van der Waals surface area contributed by atoms with Crippen LogP contribution in [0.25, 0.3) is 10.9 Å². The number of H-pyrrole nitrogens is 1. The average molecular weight is 356 g/mol. The summed E-state index contributed by atoms with van der Waals surface area (Å²) in [6.45, 7) is 6.41. The lowest BCUT2D eigenvalue weighted by Gasteiger charge is -2.31. The molecule has 3 rings (SSSR count). The first-order valence-electron chi connectivity index (χ1n) is 8.48. The van der Waals surface area contributed by atoms with E-state index >= 15 is 0 Å². The van der Waals surface area contributed by atoms with E-state index in [0.717, 1.165) is 23.0 Å². The summed E-state index contributed by atoms with van der Waals surface area (Å²) in [6, 6.07) is 11.4. The monoisotopic (exact) mass is 355 g/mol. The quantitative estimate of drug-likeness (QED) is 0.631. The lowest BCUT2D eigenvalue weighted by atomic mass is 10.0. The molecular weight excluding hydrogens is 334 g/mol. The summed E-state index contributed by atoms with van der Waals surface area (Å²) in [5, 5.41) is 1.41. The molecule has 5 heteroatoms. The number of anilines is 1. The van der Waals surface area contributed by atoms with Gasteiger partial charge in [-0.1, -0.05) is 25.4 Å². The van der Waals surface area contributed by atoms with Gasteiger partial charge in [-0.05, 0) is 55.7 Å². The highest BCUT2D eigenvalue weighted by Crippen LogP contribution is 2.27. The largest absolute Gasteiger partial charge is 0.361 e. The van der Waals surface area contributed by atoms with Crippen LogP contribution in [0.2, 0.25) is 5.15 Å². The van der Waals surface area contributed by atoms with Crippen molar-refractivity contribution in [1.82, 2.24) is 9.97 Å². The van der Waals surface area contributed by atoms with E-state index in [1.54, 1.807) is 18.3 Å². The van der Waals surface area contributed by atoms with Gasteiger partial charge in [0, 0.05) is 40.6 Å². The number of pyridine rings is 1. The zero-order chi connectivity index (χ0) is 18.0. The van der Waals surface area contributed by atoms with Crippen LogP contribution < -0.4 is 4.90 Å². The third-order valence-electron chi connectivity index (χ3n) is 4.26. The number of carbonyl (C=O) groups is 1. The highest BCUT2D eigenvalue weighted by atomic mass is 35.5. The Morgan fingerprint density at radius 3 is 2.72 bits per heavy atom. The van der Waals surface area contributed by atoms with Crippen molar-refractivity contribution in [2.24, 2.45) is 5.92 Å². The van der Waals surface area contributed by atoms with Crippen LogP contribution in [0.1, 0.15) is 37.6 Å². The molecule has 0 fully saturated rings. The van der Waals surface area contributed by atoms with Gasteiger partial charge in [0.2, 0.25) is 0 Å². The summed E-state index contributed by atoms with van der Waals surface area (Å²) >= 11 is 5.98. The molecular formula is C20H22ClN3O. The molecule has 25 heavy (non-hydrogen) atoms. The second-order valence-electron chi connectivity index (χ2n) is 6.77. The fraction of sp³-hybridized carbons (Fsp3) is 0.300. The Kier molecular flexibility index (Phi) is 5.09. The van der Waals surface area contributed by atoms with Crippen molar-refractivity contribution in [3.63, 3.8) is 0 Å². The molecule has 4 nitrogen and oxygen atoms in total. The van der Waals surface area contributed by atoms with Crippen LogP contribution in [0, 0.1) is 5.92 Å². The minimum atomic E-state index is -0.0627. The molecule has 0 aliphatic carbocycles. The molecule has 1 amide bonds. The number of nitrogens with zero attached hydrogens (tertiary/aromatic N) is 2. The molecule has 130 valence electrons. The zero-order valence-electron chi connectivity index (χ0n) is 14.7. The van der Waals surface area contributed by atoms with Crippen LogP contribution in [0.4, 0.5) is 5.69 Å². The molecule has 3 aromatic rings. The van der Waals surface area contributed by atoms with Crippen LogP contribution in [0.15, 0.2) is 48.8 Å².